The number of aromatic amines is 1. The number of amides is 1. The van der Waals surface area contributed by atoms with E-state index in [0.717, 1.165) is 5.56 Å². The van der Waals surface area contributed by atoms with Gasteiger partial charge in [0.05, 0.1) is 5.56 Å². The Kier molecular flexibility index (Phi) is 2.92. The SMILES string of the molecule is Cc1cscc1C(=O)Nc1cc(C(=O)O)[nH]n1. The Morgan fingerprint density at radius 1 is 1.47 bits per heavy atom. The van der Waals surface area contributed by atoms with Crippen LogP contribution in [0.2, 0.25) is 0 Å². The van der Waals surface area contributed by atoms with Crippen molar-refractivity contribution in [3.8, 4) is 0 Å². The minimum atomic E-state index is -1.12. The van der Waals surface area contributed by atoms with Crippen LogP contribution in [-0.2, 0) is 0 Å². The summed E-state index contributed by atoms with van der Waals surface area (Å²) in [5.41, 5.74) is 1.37. The van der Waals surface area contributed by atoms with Crippen molar-refractivity contribution in [1.82, 2.24) is 10.2 Å². The molecule has 0 aliphatic carbocycles. The number of nitrogens with one attached hydrogen (secondary N) is 2. The third kappa shape index (κ3) is 2.34. The molecule has 0 aliphatic rings. The Labute approximate surface area is 100 Å². The summed E-state index contributed by atoms with van der Waals surface area (Å²) in [7, 11) is 0. The number of aromatic nitrogens is 2. The highest BCUT2D eigenvalue weighted by Crippen LogP contribution is 2.15. The largest absolute Gasteiger partial charge is 0.477 e. The summed E-state index contributed by atoms with van der Waals surface area (Å²) in [6.45, 7) is 1.83. The molecule has 0 aromatic carbocycles. The zero-order chi connectivity index (χ0) is 12.4. The smallest absolute Gasteiger partial charge is 0.353 e. The number of hydrogen-bond acceptors (Lipinski definition) is 4. The molecule has 0 saturated carbocycles. The second kappa shape index (κ2) is 4.38. The Hall–Kier alpha value is -2.15. The Bertz CT molecular complexity index is 573. The van der Waals surface area contributed by atoms with E-state index in [4.69, 9.17) is 5.11 Å². The number of H-pyrrole nitrogens is 1. The van der Waals surface area contributed by atoms with E-state index in [0.29, 0.717) is 5.56 Å². The highest BCUT2D eigenvalue weighted by atomic mass is 32.1. The van der Waals surface area contributed by atoms with Gasteiger partial charge in [0.15, 0.2) is 5.82 Å². The summed E-state index contributed by atoms with van der Waals surface area (Å²) in [6.07, 6.45) is 0. The summed E-state index contributed by atoms with van der Waals surface area (Å²) < 4.78 is 0. The molecule has 7 heteroatoms. The fourth-order valence-corrected chi connectivity index (χ4v) is 2.10. The van der Waals surface area contributed by atoms with E-state index in [9.17, 15) is 9.59 Å². The molecule has 2 heterocycles. The second-order valence-electron chi connectivity index (χ2n) is 3.39. The fourth-order valence-electron chi connectivity index (χ4n) is 1.27. The number of aromatic carboxylic acids is 1. The van der Waals surface area contributed by atoms with Gasteiger partial charge < -0.3 is 10.4 Å². The van der Waals surface area contributed by atoms with Crippen LogP contribution in [0.4, 0.5) is 5.82 Å². The predicted molar refractivity (Wildman–Crippen MR) is 62.6 cm³/mol. The number of carbonyl (C=O) groups excluding carboxylic acids is 1. The van der Waals surface area contributed by atoms with Gasteiger partial charge in [0, 0.05) is 11.4 Å². The van der Waals surface area contributed by atoms with Crippen molar-refractivity contribution in [3.05, 3.63) is 33.6 Å². The minimum absolute atomic E-state index is 0.0673. The van der Waals surface area contributed by atoms with Gasteiger partial charge in [-0.05, 0) is 17.9 Å². The van der Waals surface area contributed by atoms with E-state index in [-0.39, 0.29) is 17.4 Å². The van der Waals surface area contributed by atoms with Gasteiger partial charge in [0.25, 0.3) is 5.91 Å². The van der Waals surface area contributed by atoms with Crippen LogP contribution in [0.5, 0.6) is 0 Å². The van der Waals surface area contributed by atoms with Crippen molar-refractivity contribution in [2.45, 2.75) is 6.92 Å². The summed E-state index contributed by atoms with van der Waals surface area (Å²) in [6, 6.07) is 1.27. The molecule has 0 spiro atoms. The van der Waals surface area contributed by atoms with Gasteiger partial charge in [0.2, 0.25) is 0 Å². The normalized spacial score (nSPS) is 10.2. The summed E-state index contributed by atoms with van der Waals surface area (Å²) in [5.74, 6) is -1.23. The maximum atomic E-state index is 11.8. The molecule has 3 N–H and O–H groups in total. The van der Waals surface area contributed by atoms with Crippen LogP contribution >= 0.6 is 11.3 Å². The molecule has 6 nitrogen and oxygen atoms in total. The number of aryl methyl sites for hydroxylation is 1. The van der Waals surface area contributed by atoms with E-state index in [1.54, 1.807) is 5.38 Å². The Balaban J connectivity index is 2.13. The third-order valence-corrected chi connectivity index (χ3v) is 3.01. The Morgan fingerprint density at radius 2 is 2.24 bits per heavy atom. The highest BCUT2D eigenvalue weighted by Gasteiger charge is 2.13. The van der Waals surface area contributed by atoms with Crippen LogP contribution in [0.25, 0.3) is 0 Å². The van der Waals surface area contributed by atoms with Crippen molar-refractivity contribution >= 4 is 29.0 Å². The Morgan fingerprint density at radius 3 is 2.76 bits per heavy atom. The van der Waals surface area contributed by atoms with E-state index < -0.39 is 5.97 Å². The first kappa shape index (κ1) is 11.3. The second-order valence-corrected chi connectivity index (χ2v) is 4.14. The molecule has 2 aromatic heterocycles. The minimum Gasteiger partial charge on any atom is -0.477 e. The molecule has 1 amide bonds. The molecule has 0 aliphatic heterocycles. The number of rotatable bonds is 3. The van der Waals surface area contributed by atoms with Crippen molar-refractivity contribution in [1.29, 1.82) is 0 Å². The van der Waals surface area contributed by atoms with Gasteiger partial charge in [-0.15, -0.1) is 0 Å². The van der Waals surface area contributed by atoms with Crippen LogP contribution in [0.1, 0.15) is 26.4 Å². The predicted octanol–water partition coefficient (Wildman–Crippen LogP) is 1.73. The molecule has 0 bridgehead atoms. The lowest BCUT2D eigenvalue weighted by Gasteiger charge is -1.99. The van der Waals surface area contributed by atoms with Gasteiger partial charge in [-0.25, -0.2) is 4.79 Å². The molecular weight excluding hydrogens is 242 g/mol. The molecule has 2 aromatic rings. The van der Waals surface area contributed by atoms with E-state index in [2.05, 4.69) is 15.5 Å². The standard InChI is InChI=1S/C10H9N3O3S/c1-5-3-17-4-6(5)9(14)11-8-2-7(10(15)16)12-13-8/h2-4H,1H3,(H,15,16)(H2,11,12,13,14). The van der Waals surface area contributed by atoms with Crippen LogP contribution in [0, 0.1) is 6.92 Å². The van der Waals surface area contributed by atoms with Crippen LogP contribution in [0.15, 0.2) is 16.8 Å². The van der Waals surface area contributed by atoms with Crippen LogP contribution < -0.4 is 5.32 Å². The topological polar surface area (TPSA) is 95.1 Å². The fraction of sp³-hybridized carbons (Fsp3) is 0.100. The average molecular weight is 251 g/mol. The van der Waals surface area contributed by atoms with Crippen molar-refractivity contribution in [3.63, 3.8) is 0 Å². The van der Waals surface area contributed by atoms with Gasteiger partial charge in [-0.1, -0.05) is 0 Å². The summed E-state index contributed by atoms with van der Waals surface area (Å²) in [4.78, 5) is 22.4. The highest BCUT2D eigenvalue weighted by molar-refractivity contribution is 7.08. The average Bonchev–Trinajstić information content (AvgIpc) is 2.86. The van der Waals surface area contributed by atoms with Crippen molar-refractivity contribution < 1.29 is 14.7 Å². The van der Waals surface area contributed by atoms with Crippen LogP contribution in [0.3, 0.4) is 0 Å². The molecule has 17 heavy (non-hydrogen) atoms. The van der Waals surface area contributed by atoms with E-state index >= 15 is 0 Å². The quantitative estimate of drug-likeness (QED) is 0.774. The number of hydrogen-bond donors (Lipinski definition) is 3. The first-order valence-electron chi connectivity index (χ1n) is 4.71. The zero-order valence-corrected chi connectivity index (χ0v) is 9.67. The lowest BCUT2D eigenvalue weighted by molar-refractivity contribution is 0.0690. The van der Waals surface area contributed by atoms with Crippen molar-refractivity contribution in [2.24, 2.45) is 0 Å². The third-order valence-electron chi connectivity index (χ3n) is 2.15. The summed E-state index contributed by atoms with van der Waals surface area (Å²) in [5, 5.41) is 20.8. The molecular formula is C10H9N3O3S. The number of nitrogens with zero attached hydrogens (tertiary/aromatic N) is 1. The number of carboxylic acid groups (broad SMARTS) is 1. The molecule has 0 saturated heterocycles. The molecule has 0 atom stereocenters. The number of carbonyl (C=O) groups is 2. The first-order valence-corrected chi connectivity index (χ1v) is 5.65. The number of anilines is 1. The van der Waals surface area contributed by atoms with Crippen molar-refractivity contribution in [2.75, 3.05) is 5.32 Å². The van der Waals surface area contributed by atoms with E-state index in [1.165, 1.54) is 17.4 Å². The molecule has 2 rings (SSSR count). The summed E-state index contributed by atoms with van der Waals surface area (Å²) >= 11 is 1.43. The number of carboxylic acids is 1. The van der Waals surface area contributed by atoms with Crippen LogP contribution in [-0.4, -0.2) is 27.2 Å². The van der Waals surface area contributed by atoms with Gasteiger partial charge in [0.1, 0.15) is 5.69 Å². The van der Waals surface area contributed by atoms with Gasteiger partial charge >= 0.3 is 5.97 Å². The first-order chi connectivity index (χ1) is 8.08. The molecule has 0 unspecified atom stereocenters. The number of thiophene rings is 1. The lowest BCUT2D eigenvalue weighted by atomic mass is 10.2. The zero-order valence-electron chi connectivity index (χ0n) is 8.85. The van der Waals surface area contributed by atoms with Gasteiger partial charge in [-0.2, -0.15) is 16.4 Å². The molecule has 88 valence electrons. The van der Waals surface area contributed by atoms with E-state index in [1.807, 2.05) is 12.3 Å². The van der Waals surface area contributed by atoms with Gasteiger partial charge in [-0.3, -0.25) is 9.89 Å². The molecule has 0 fully saturated rings. The lowest BCUT2D eigenvalue weighted by Crippen LogP contribution is -2.12. The maximum absolute atomic E-state index is 11.8. The maximum Gasteiger partial charge on any atom is 0.353 e. The molecule has 0 radical (unpaired) electrons. The monoisotopic (exact) mass is 251 g/mol.